The topological polar surface area (TPSA) is 64.1 Å². The molecule has 0 atom stereocenters. The number of nitrogen functional groups attached to an aromatic ring is 2. The van der Waals surface area contributed by atoms with Gasteiger partial charge in [-0.2, -0.15) is 0 Å². The van der Waals surface area contributed by atoms with Crippen molar-refractivity contribution in [1.29, 1.82) is 0 Å². The molecule has 0 heterocycles. The molecule has 0 spiro atoms. The molecule has 5 N–H and O–H groups in total. The fraction of sp³-hybridized carbons (Fsp3) is 0.571. The van der Waals surface area contributed by atoms with Crippen LogP contribution in [-0.4, -0.2) is 6.54 Å². The highest BCUT2D eigenvalue weighted by molar-refractivity contribution is 6.33. The third-order valence-corrected chi connectivity index (χ3v) is 3.48. The lowest BCUT2D eigenvalue weighted by Crippen LogP contribution is -2.08. The van der Waals surface area contributed by atoms with Crippen molar-refractivity contribution in [3.05, 3.63) is 16.9 Å². The summed E-state index contributed by atoms with van der Waals surface area (Å²) in [7, 11) is 0. The quantitative estimate of drug-likeness (QED) is 0.490. The van der Waals surface area contributed by atoms with Gasteiger partial charge in [0, 0.05) is 6.54 Å². The summed E-state index contributed by atoms with van der Waals surface area (Å²) < 4.78 is 13.8. The molecule has 1 aromatic carbocycles. The van der Waals surface area contributed by atoms with E-state index in [-0.39, 0.29) is 16.4 Å². The molecule has 0 aliphatic heterocycles. The minimum atomic E-state index is -0.565. The standard InChI is InChI=1S/C14H23ClFN3/c1-2-3-4-5-6-7-8-19-14-11(18)9-10(17)12(15)13(14)16/h9,19H,2-8,17-18H2,1H3. The van der Waals surface area contributed by atoms with E-state index < -0.39 is 5.82 Å². The molecule has 3 nitrogen and oxygen atoms in total. The van der Waals surface area contributed by atoms with Gasteiger partial charge in [-0.25, -0.2) is 4.39 Å². The van der Waals surface area contributed by atoms with Crippen molar-refractivity contribution in [3.8, 4) is 0 Å². The first-order chi connectivity index (χ1) is 9.07. The highest BCUT2D eigenvalue weighted by atomic mass is 35.5. The van der Waals surface area contributed by atoms with Crippen LogP contribution in [0.3, 0.4) is 0 Å². The fourth-order valence-electron chi connectivity index (χ4n) is 1.96. The summed E-state index contributed by atoms with van der Waals surface area (Å²) in [6.07, 6.45) is 7.13. The molecule has 0 saturated carbocycles. The van der Waals surface area contributed by atoms with E-state index in [9.17, 15) is 4.39 Å². The number of nitrogens with one attached hydrogen (secondary N) is 1. The highest BCUT2D eigenvalue weighted by Gasteiger charge is 2.13. The van der Waals surface area contributed by atoms with Crippen LogP contribution in [0, 0.1) is 5.82 Å². The lowest BCUT2D eigenvalue weighted by Gasteiger charge is -2.12. The van der Waals surface area contributed by atoms with Gasteiger partial charge < -0.3 is 16.8 Å². The van der Waals surface area contributed by atoms with Crippen LogP contribution in [0.15, 0.2) is 6.07 Å². The van der Waals surface area contributed by atoms with Crippen LogP contribution < -0.4 is 16.8 Å². The normalized spacial score (nSPS) is 10.7. The minimum Gasteiger partial charge on any atom is -0.397 e. The summed E-state index contributed by atoms with van der Waals surface area (Å²) in [5, 5.41) is 2.93. The molecule has 0 radical (unpaired) electrons. The average molecular weight is 288 g/mol. The number of anilines is 3. The second-order valence-corrected chi connectivity index (χ2v) is 5.13. The van der Waals surface area contributed by atoms with Gasteiger partial charge in [0.2, 0.25) is 0 Å². The monoisotopic (exact) mass is 287 g/mol. The van der Waals surface area contributed by atoms with Gasteiger partial charge in [0.25, 0.3) is 0 Å². The Balaban J connectivity index is 2.39. The molecule has 108 valence electrons. The fourth-order valence-corrected chi connectivity index (χ4v) is 2.11. The Labute approximate surface area is 119 Å². The van der Waals surface area contributed by atoms with Crippen LogP contribution >= 0.6 is 11.6 Å². The zero-order valence-electron chi connectivity index (χ0n) is 11.4. The Morgan fingerprint density at radius 2 is 1.74 bits per heavy atom. The maximum Gasteiger partial charge on any atom is 0.169 e. The third-order valence-electron chi connectivity index (χ3n) is 3.10. The largest absolute Gasteiger partial charge is 0.397 e. The van der Waals surface area contributed by atoms with E-state index in [1.165, 1.54) is 31.7 Å². The van der Waals surface area contributed by atoms with Gasteiger partial charge in [-0.15, -0.1) is 0 Å². The molecule has 5 heteroatoms. The average Bonchev–Trinajstić information content (AvgIpc) is 2.38. The summed E-state index contributed by atoms with van der Waals surface area (Å²) in [5.74, 6) is -0.565. The molecule has 0 fully saturated rings. The van der Waals surface area contributed by atoms with Gasteiger partial charge >= 0.3 is 0 Å². The summed E-state index contributed by atoms with van der Waals surface area (Å²) in [6, 6.07) is 1.48. The summed E-state index contributed by atoms with van der Waals surface area (Å²) >= 11 is 5.76. The second-order valence-electron chi connectivity index (χ2n) is 4.75. The van der Waals surface area contributed by atoms with Gasteiger partial charge in [-0.3, -0.25) is 0 Å². The Hall–Kier alpha value is -1.16. The number of hydrogen-bond donors (Lipinski definition) is 3. The lowest BCUT2D eigenvalue weighted by molar-refractivity contribution is 0.612. The number of nitrogens with two attached hydrogens (primary N) is 2. The molecule has 19 heavy (non-hydrogen) atoms. The smallest absolute Gasteiger partial charge is 0.169 e. The molecule has 0 aliphatic rings. The van der Waals surface area contributed by atoms with Crippen molar-refractivity contribution < 1.29 is 4.39 Å². The number of benzene rings is 1. The number of unbranched alkanes of at least 4 members (excludes halogenated alkanes) is 5. The van der Waals surface area contributed by atoms with E-state index in [1.54, 1.807) is 0 Å². The summed E-state index contributed by atoms with van der Waals surface area (Å²) in [4.78, 5) is 0. The molecular weight excluding hydrogens is 265 g/mol. The van der Waals surface area contributed by atoms with Crippen LogP contribution in [0.1, 0.15) is 45.4 Å². The Kier molecular flexibility index (Phi) is 6.78. The molecule has 0 unspecified atom stereocenters. The van der Waals surface area contributed by atoms with Crippen LogP contribution in [0.5, 0.6) is 0 Å². The Morgan fingerprint density at radius 3 is 2.42 bits per heavy atom. The molecule has 0 amide bonds. The molecule has 0 bridgehead atoms. The van der Waals surface area contributed by atoms with E-state index in [2.05, 4.69) is 12.2 Å². The second kappa shape index (κ2) is 8.10. The molecule has 0 aromatic heterocycles. The molecule has 1 rings (SSSR count). The van der Waals surface area contributed by atoms with Gasteiger partial charge in [0.15, 0.2) is 5.82 Å². The Morgan fingerprint density at radius 1 is 1.11 bits per heavy atom. The highest BCUT2D eigenvalue weighted by Crippen LogP contribution is 2.33. The molecule has 0 aliphatic carbocycles. The van der Waals surface area contributed by atoms with Crippen molar-refractivity contribution >= 4 is 28.7 Å². The first-order valence-electron chi connectivity index (χ1n) is 6.84. The zero-order chi connectivity index (χ0) is 14.3. The number of hydrogen-bond acceptors (Lipinski definition) is 3. The lowest BCUT2D eigenvalue weighted by atomic mass is 10.1. The van der Waals surface area contributed by atoms with Gasteiger partial charge in [-0.1, -0.05) is 50.6 Å². The molecule has 0 saturated heterocycles. The van der Waals surface area contributed by atoms with Crippen LogP contribution in [0.2, 0.25) is 5.02 Å². The predicted octanol–water partition coefficient (Wildman–Crippen LogP) is 4.42. The first-order valence-corrected chi connectivity index (χ1v) is 7.22. The van der Waals surface area contributed by atoms with E-state index >= 15 is 0 Å². The third kappa shape index (κ3) is 4.78. The summed E-state index contributed by atoms with van der Waals surface area (Å²) in [5.41, 5.74) is 12.0. The van der Waals surface area contributed by atoms with Crippen molar-refractivity contribution in [2.45, 2.75) is 45.4 Å². The first kappa shape index (κ1) is 15.9. The van der Waals surface area contributed by atoms with E-state index in [4.69, 9.17) is 23.1 Å². The van der Waals surface area contributed by atoms with Crippen molar-refractivity contribution in [1.82, 2.24) is 0 Å². The van der Waals surface area contributed by atoms with Crippen molar-refractivity contribution in [3.63, 3.8) is 0 Å². The van der Waals surface area contributed by atoms with Crippen LogP contribution in [0.4, 0.5) is 21.5 Å². The maximum atomic E-state index is 13.8. The predicted molar refractivity (Wildman–Crippen MR) is 82.1 cm³/mol. The SMILES string of the molecule is CCCCCCCCNc1c(N)cc(N)c(Cl)c1F. The van der Waals surface area contributed by atoms with Crippen molar-refractivity contribution in [2.24, 2.45) is 0 Å². The van der Waals surface area contributed by atoms with Gasteiger partial charge in [0.05, 0.1) is 17.1 Å². The van der Waals surface area contributed by atoms with Crippen LogP contribution in [0.25, 0.3) is 0 Å². The maximum absolute atomic E-state index is 13.8. The zero-order valence-corrected chi connectivity index (χ0v) is 12.2. The number of halogens is 2. The van der Waals surface area contributed by atoms with E-state index in [0.29, 0.717) is 12.2 Å². The minimum absolute atomic E-state index is 0.0698. The van der Waals surface area contributed by atoms with Gasteiger partial charge in [0.1, 0.15) is 5.02 Å². The summed E-state index contributed by atoms with van der Waals surface area (Å²) in [6.45, 7) is 2.88. The molecular formula is C14H23ClFN3. The van der Waals surface area contributed by atoms with E-state index in [1.807, 2.05) is 0 Å². The van der Waals surface area contributed by atoms with Crippen molar-refractivity contribution in [2.75, 3.05) is 23.3 Å². The number of rotatable bonds is 8. The Bertz CT molecular complexity index is 410. The molecule has 1 aromatic rings. The van der Waals surface area contributed by atoms with Crippen LogP contribution in [-0.2, 0) is 0 Å². The van der Waals surface area contributed by atoms with Gasteiger partial charge in [-0.05, 0) is 12.5 Å². The van der Waals surface area contributed by atoms with E-state index in [0.717, 1.165) is 12.8 Å².